The molecule has 3 nitrogen and oxygen atoms in total. The summed E-state index contributed by atoms with van der Waals surface area (Å²) in [5.41, 5.74) is 0. The van der Waals surface area contributed by atoms with E-state index < -0.39 is 0 Å². The maximum Gasteiger partial charge on any atom is 0.169 e. The van der Waals surface area contributed by atoms with E-state index in [0.717, 1.165) is 46.4 Å². The molecule has 0 spiro atoms. The fourth-order valence-corrected chi connectivity index (χ4v) is 3.12. The number of hydrogen-bond donors (Lipinski definition) is 0. The van der Waals surface area contributed by atoms with Crippen LogP contribution in [0.4, 0.5) is 0 Å². The van der Waals surface area contributed by atoms with E-state index >= 15 is 0 Å². The van der Waals surface area contributed by atoms with Crippen molar-refractivity contribution in [3.8, 4) is 17.2 Å². The van der Waals surface area contributed by atoms with Crippen molar-refractivity contribution >= 4 is 26.7 Å². The minimum atomic E-state index is 0.577. The number of fused-ring (bicyclic) bond motifs is 1. The van der Waals surface area contributed by atoms with E-state index in [-0.39, 0.29) is 0 Å². The van der Waals surface area contributed by atoms with Crippen LogP contribution < -0.4 is 14.2 Å². The molecule has 0 aliphatic heterocycles. The van der Waals surface area contributed by atoms with E-state index in [1.54, 1.807) is 7.11 Å². The second kappa shape index (κ2) is 10.5. The van der Waals surface area contributed by atoms with Gasteiger partial charge >= 0.3 is 0 Å². The summed E-state index contributed by atoms with van der Waals surface area (Å²) in [5, 5.41) is 2.88. The molecule has 0 N–H and O–H groups in total. The first-order valence-electron chi connectivity index (χ1n) is 9.16. The first-order chi connectivity index (χ1) is 12.2. The van der Waals surface area contributed by atoms with Crippen LogP contribution in [0.1, 0.15) is 39.5 Å². The molecule has 0 fully saturated rings. The quantitative estimate of drug-likeness (QED) is 0.413. The van der Waals surface area contributed by atoms with Gasteiger partial charge < -0.3 is 14.2 Å². The average Bonchev–Trinajstić information content (AvgIpc) is 2.66. The van der Waals surface area contributed by atoms with E-state index in [1.807, 2.05) is 18.2 Å². The summed E-state index contributed by atoms with van der Waals surface area (Å²) >= 11 is 3.41. The highest BCUT2D eigenvalue weighted by atomic mass is 79.9. The van der Waals surface area contributed by atoms with Gasteiger partial charge in [-0.2, -0.15) is 0 Å². The molecule has 2 aromatic carbocycles. The lowest BCUT2D eigenvalue weighted by Crippen LogP contribution is -2.12. The molecule has 0 heterocycles. The molecule has 0 saturated carbocycles. The number of ether oxygens (including phenoxy) is 3. The van der Waals surface area contributed by atoms with Gasteiger partial charge in [-0.1, -0.05) is 73.3 Å². The van der Waals surface area contributed by atoms with Crippen LogP contribution in [0.25, 0.3) is 10.8 Å². The monoisotopic (exact) mass is 408 g/mol. The van der Waals surface area contributed by atoms with Gasteiger partial charge in [0.15, 0.2) is 11.5 Å². The lowest BCUT2D eigenvalue weighted by Gasteiger charge is -2.20. The van der Waals surface area contributed by atoms with Crippen molar-refractivity contribution < 1.29 is 14.2 Å². The van der Waals surface area contributed by atoms with Crippen LogP contribution in [-0.2, 0) is 0 Å². The van der Waals surface area contributed by atoms with Crippen LogP contribution in [0.3, 0.4) is 0 Å². The summed E-state index contributed by atoms with van der Waals surface area (Å²) in [6, 6.07) is 10.1. The first kappa shape index (κ1) is 19.9. The SMILES string of the molecule is CCCCC(CC)COc1c(OC)cc(OCCBr)c2ccccc12. The van der Waals surface area contributed by atoms with Gasteiger partial charge in [0.2, 0.25) is 0 Å². The fourth-order valence-electron chi connectivity index (χ4n) is 2.96. The van der Waals surface area contributed by atoms with Gasteiger partial charge in [-0.25, -0.2) is 0 Å². The van der Waals surface area contributed by atoms with Gasteiger partial charge in [0.25, 0.3) is 0 Å². The Labute approximate surface area is 159 Å². The lowest BCUT2D eigenvalue weighted by atomic mass is 10.0. The van der Waals surface area contributed by atoms with Crippen molar-refractivity contribution in [3.63, 3.8) is 0 Å². The molecule has 2 aromatic rings. The molecule has 0 amide bonds. The summed E-state index contributed by atoms with van der Waals surface area (Å²) in [6.07, 6.45) is 4.81. The Morgan fingerprint density at radius 1 is 1.04 bits per heavy atom. The summed E-state index contributed by atoms with van der Waals surface area (Å²) < 4.78 is 17.7. The third kappa shape index (κ3) is 5.27. The molecular formula is C21H29BrO3. The number of alkyl halides is 1. The topological polar surface area (TPSA) is 27.7 Å². The van der Waals surface area contributed by atoms with Gasteiger partial charge in [0, 0.05) is 22.2 Å². The minimum absolute atomic E-state index is 0.577. The molecule has 0 radical (unpaired) electrons. The zero-order valence-electron chi connectivity index (χ0n) is 15.5. The van der Waals surface area contributed by atoms with Crippen molar-refractivity contribution in [2.45, 2.75) is 39.5 Å². The molecule has 1 atom stereocenters. The molecule has 138 valence electrons. The third-order valence-corrected chi connectivity index (χ3v) is 4.81. The number of rotatable bonds is 11. The van der Waals surface area contributed by atoms with Crippen LogP contribution >= 0.6 is 15.9 Å². The van der Waals surface area contributed by atoms with E-state index in [2.05, 4.69) is 41.9 Å². The highest BCUT2D eigenvalue weighted by Crippen LogP contribution is 2.41. The molecule has 2 rings (SSSR count). The van der Waals surface area contributed by atoms with Gasteiger partial charge in [-0.3, -0.25) is 0 Å². The summed E-state index contributed by atoms with van der Waals surface area (Å²) in [5.74, 6) is 2.96. The van der Waals surface area contributed by atoms with E-state index in [4.69, 9.17) is 14.2 Å². The average molecular weight is 409 g/mol. The summed E-state index contributed by atoms with van der Waals surface area (Å²) in [6.45, 7) is 5.80. The Kier molecular flexibility index (Phi) is 8.39. The van der Waals surface area contributed by atoms with Crippen LogP contribution in [0.15, 0.2) is 30.3 Å². The van der Waals surface area contributed by atoms with Gasteiger partial charge in [-0.15, -0.1) is 0 Å². The lowest BCUT2D eigenvalue weighted by molar-refractivity contribution is 0.226. The van der Waals surface area contributed by atoms with Crippen molar-refractivity contribution in [2.24, 2.45) is 5.92 Å². The summed E-state index contributed by atoms with van der Waals surface area (Å²) in [7, 11) is 1.68. The Hall–Kier alpha value is -1.42. The van der Waals surface area contributed by atoms with E-state index in [9.17, 15) is 0 Å². The normalized spacial score (nSPS) is 12.2. The zero-order valence-corrected chi connectivity index (χ0v) is 17.1. The number of hydrogen-bond acceptors (Lipinski definition) is 3. The maximum absolute atomic E-state index is 6.26. The molecule has 0 bridgehead atoms. The smallest absolute Gasteiger partial charge is 0.169 e. The zero-order chi connectivity index (χ0) is 18.1. The Morgan fingerprint density at radius 2 is 1.80 bits per heavy atom. The molecular weight excluding hydrogens is 380 g/mol. The highest BCUT2D eigenvalue weighted by molar-refractivity contribution is 9.09. The number of unbranched alkanes of at least 4 members (excludes halogenated alkanes) is 1. The number of benzene rings is 2. The van der Waals surface area contributed by atoms with Crippen molar-refractivity contribution in [1.82, 2.24) is 0 Å². The van der Waals surface area contributed by atoms with Crippen LogP contribution in [0, 0.1) is 5.92 Å². The maximum atomic E-state index is 6.26. The van der Waals surface area contributed by atoms with Crippen LogP contribution in [0.5, 0.6) is 17.2 Å². The third-order valence-electron chi connectivity index (χ3n) is 4.48. The second-order valence-corrected chi connectivity index (χ2v) is 7.01. The predicted octanol–water partition coefficient (Wildman–Crippen LogP) is 6.22. The standard InChI is InChI=1S/C21H29BrO3/c1-4-6-9-16(5-2)15-25-21-18-11-8-7-10-17(18)19(24-13-12-22)14-20(21)23-3/h7-8,10-11,14,16H,4-6,9,12-13,15H2,1-3H3. The predicted molar refractivity (Wildman–Crippen MR) is 109 cm³/mol. The molecule has 4 heteroatoms. The molecule has 0 aliphatic carbocycles. The first-order valence-corrected chi connectivity index (χ1v) is 10.3. The fraction of sp³-hybridized carbons (Fsp3) is 0.524. The van der Waals surface area contributed by atoms with Crippen molar-refractivity contribution in [3.05, 3.63) is 30.3 Å². The number of halogens is 1. The van der Waals surface area contributed by atoms with Crippen LogP contribution in [-0.4, -0.2) is 25.7 Å². The van der Waals surface area contributed by atoms with Crippen LogP contribution in [0.2, 0.25) is 0 Å². The molecule has 0 aliphatic rings. The highest BCUT2D eigenvalue weighted by Gasteiger charge is 2.16. The Morgan fingerprint density at radius 3 is 2.44 bits per heavy atom. The second-order valence-electron chi connectivity index (χ2n) is 6.22. The summed E-state index contributed by atoms with van der Waals surface area (Å²) in [4.78, 5) is 0. The molecule has 1 unspecified atom stereocenters. The largest absolute Gasteiger partial charge is 0.493 e. The van der Waals surface area contributed by atoms with E-state index in [0.29, 0.717) is 12.5 Å². The number of methoxy groups -OCH3 is 1. The minimum Gasteiger partial charge on any atom is -0.493 e. The van der Waals surface area contributed by atoms with Gasteiger partial charge in [0.1, 0.15) is 5.75 Å². The Balaban J connectivity index is 2.31. The van der Waals surface area contributed by atoms with Crippen molar-refractivity contribution in [1.29, 1.82) is 0 Å². The van der Waals surface area contributed by atoms with Gasteiger partial charge in [-0.05, 0) is 12.3 Å². The molecule has 0 saturated heterocycles. The molecule has 25 heavy (non-hydrogen) atoms. The Bertz CT molecular complexity index is 657. The van der Waals surface area contributed by atoms with E-state index in [1.165, 1.54) is 19.3 Å². The van der Waals surface area contributed by atoms with Crippen molar-refractivity contribution in [2.75, 3.05) is 25.7 Å². The van der Waals surface area contributed by atoms with Gasteiger partial charge in [0.05, 0.1) is 20.3 Å². The molecule has 0 aromatic heterocycles.